The highest BCUT2D eigenvalue weighted by molar-refractivity contribution is 7.89. The van der Waals surface area contributed by atoms with Crippen LogP contribution in [0.25, 0.3) is 0 Å². The summed E-state index contributed by atoms with van der Waals surface area (Å²) in [6.45, 7) is -1.40. The lowest BCUT2D eigenvalue weighted by atomic mass is 10.2. The molecular formula is C10H10Cl2F3NO3S. The molecule has 0 aromatic heterocycles. The average Bonchev–Trinajstić information content (AvgIpc) is 2.26. The van der Waals surface area contributed by atoms with Crippen molar-refractivity contribution in [2.45, 2.75) is 24.1 Å². The van der Waals surface area contributed by atoms with E-state index in [0.29, 0.717) is 0 Å². The molecule has 0 unspecified atom stereocenters. The van der Waals surface area contributed by atoms with E-state index in [1.54, 1.807) is 4.72 Å². The highest BCUT2D eigenvalue weighted by Gasteiger charge is 2.28. The van der Waals surface area contributed by atoms with Crippen LogP contribution in [0.2, 0.25) is 10.0 Å². The van der Waals surface area contributed by atoms with Crippen molar-refractivity contribution in [2.75, 3.05) is 6.54 Å². The number of sulfonamides is 1. The first kappa shape index (κ1) is 17.5. The minimum Gasteiger partial charge on any atom is -0.392 e. The fourth-order valence-electron chi connectivity index (χ4n) is 1.33. The molecule has 0 saturated heterocycles. The third-order valence-corrected chi connectivity index (χ3v) is 4.70. The van der Waals surface area contributed by atoms with Gasteiger partial charge in [0.25, 0.3) is 0 Å². The van der Waals surface area contributed by atoms with Crippen molar-refractivity contribution in [1.82, 2.24) is 4.72 Å². The third kappa shape index (κ3) is 4.49. The number of nitrogens with one attached hydrogen (secondary N) is 1. The third-order valence-electron chi connectivity index (χ3n) is 2.30. The lowest BCUT2D eigenvalue weighted by Gasteiger charge is -2.12. The Labute approximate surface area is 123 Å². The van der Waals surface area contributed by atoms with Crippen LogP contribution >= 0.6 is 23.2 Å². The Hall–Kier alpha value is -0.540. The lowest BCUT2D eigenvalue weighted by molar-refractivity contribution is -0.132. The SMILES string of the molecule is O=S(=O)(NCCC(F)(F)F)c1ccc(Cl)c(CO)c1Cl. The standard InChI is InChI=1S/C10H10Cl2F3NO3S/c11-7-1-2-8(9(12)6(7)5-17)20(18,19)16-4-3-10(13,14)15/h1-2,16-17H,3-5H2. The molecular weight excluding hydrogens is 342 g/mol. The average molecular weight is 352 g/mol. The molecule has 0 heterocycles. The lowest BCUT2D eigenvalue weighted by Crippen LogP contribution is -2.28. The summed E-state index contributed by atoms with van der Waals surface area (Å²) in [5.74, 6) is 0. The monoisotopic (exact) mass is 351 g/mol. The first-order valence-electron chi connectivity index (χ1n) is 5.22. The van der Waals surface area contributed by atoms with Gasteiger partial charge in [0.1, 0.15) is 4.90 Å². The maximum atomic E-state index is 12.0. The molecule has 4 nitrogen and oxygen atoms in total. The van der Waals surface area contributed by atoms with E-state index < -0.39 is 40.7 Å². The molecule has 0 spiro atoms. The molecule has 0 aliphatic carbocycles. The van der Waals surface area contributed by atoms with Crippen LogP contribution in [0, 0.1) is 0 Å². The molecule has 2 N–H and O–H groups in total. The molecule has 0 radical (unpaired) electrons. The van der Waals surface area contributed by atoms with E-state index in [4.69, 9.17) is 28.3 Å². The van der Waals surface area contributed by atoms with Gasteiger partial charge in [-0.3, -0.25) is 0 Å². The Morgan fingerprint density at radius 2 is 1.85 bits per heavy atom. The smallest absolute Gasteiger partial charge is 0.390 e. The van der Waals surface area contributed by atoms with Crippen molar-refractivity contribution in [3.63, 3.8) is 0 Å². The summed E-state index contributed by atoms with van der Waals surface area (Å²) in [5.41, 5.74) is -0.00738. The van der Waals surface area contributed by atoms with E-state index in [1.165, 1.54) is 6.07 Å². The summed E-state index contributed by atoms with van der Waals surface area (Å²) in [6, 6.07) is 2.25. The molecule has 1 aromatic carbocycles. The summed E-state index contributed by atoms with van der Waals surface area (Å²) in [7, 11) is -4.21. The van der Waals surface area contributed by atoms with E-state index in [-0.39, 0.29) is 15.6 Å². The molecule has 10 heteroatoms. The molecule has 0 bridgehead atoms. The highest BCUT2D eigenvalue weighted by atomic mass is 35.5. The number of hydrogen-bond donors (Lipinski definition) is 2. The largest absolute Gasteiger partial charge is 0.392 e. The van der Waals surface area contributed by atoms with Gasteiger partial charge in [0.05, 0.1) is 18.1 Å². The second kappa shape index (κ2) is 6.48. The molecule has 0 aliphatic rings. The second-order valence-corrected chi connectivity index (χ2v) is 6.28. The van der Waals surface area contributed by atoms with Crippen molar-refractivity contribution < 1.29 is 26.7 Å². The quantitative estimate of drug-likeness (QED) is 0.856. The van der Waals surface area contributed by atoms with Gasteiger partial charge in [-0.1, -0.05) is 23.2 Å². The number of halogens is 5. The van der Waals surface area contributed by atoms with Gasteiger partial charge < -0.3 is 5.11 Å². The van der Waals surface area contributed by atoms with Crippen molar-refractivity contribution in [2.24, 2.45) is 0 Å². The van der Waals surface area contributed by atoms with Crippen molar-refractivity contribution in [3.05, 3.63) is 27.7 Å². The Morgan fingerprint density at radius 1 is 1.25 bits per heavy atom. The van der Waals surface area contributed by atoms with Gasteiger partial charge >= 0.3 is 6.18 Å². The van der Waals surface area contributed by atoms with Crippen LogP contribution in [0.15, 0.2) is 17.0 Å². The van der Waals surface area contributed by atoms with Crippen LogP contribution < -0.4 is 4.72 Å². The zero-order valence-electron chi connectivity index (χ0n) is 9.84. The zero-order chi connectivity index (χ0) is 15.6. The number of aliphatic hydroxyl groups is 1. The fraction of sp³-hybridized carbons (Fsp3) is 0.400. The summed E-state index contributed by atoms with van der Waals surface area (Å²) in [5, 5.41) is 8.78. The van der Waals surface area contributed by atoms with Crippen molar-refractivity contribution in [3.8, 4) is 0 Å². The van der Waals surface area contributed by atoms with Gasteiger partial charge in [-0.25, -0.2) is 13.1 Å². The van der Waals surface area contributed by atoms with Crippen molar-refractivity contribution in [1.29, 1.82) is 0 Å². The second-order valence-electron chi connectivity index (χ2n) is 3.76. The molecule has 0 aliphatic heterocycles. The van der Waals surface area contributed by atoms with E-state index in [2.05, 4.69) is 0 Å². The van der Waals surface area contributed by atoms with E-state index >= 15 is 0 Å². The van der Waals surface area contributed by atoms with Crippen molar-refractivity contribution >= 4 is 33.2 Å². The Balaban J connectivity index is 2.99. The van der Waals surface area contributed by atoms with Crippen LogP contribution in [0.3, 0.4) is 0 Å². The van der Waals surface area contributed by atoms with E-state index in [9.17, 15) is 21.6 Å². The van der Waals surface area contributed by atoms with Crippen LogP contribution in [-0.4, -0.2) is 26.2 Å². The van der Waals surface area contributed by atoms with Gasteiger partial charge in [0.15, 0.2) is 0 Å². The number of rotatable bonds is 5. The van der Waals surface area contributed by atoms with Gasteiger partial charge in [-0.05, 0) is 12.1 Å². The normalized spacial score (nSPS) is 12.7. The molecule has 0 saturated carbocycles. The Bertz CT molecular complexity index is 590. The molecule has 0 atom stereocenters. The number of alkyl halides is 3. The number of benzene rings is 1. The van der Waals surface area contributed by atoms with Crippen LogP contribution in [0.4, 0.5) is 13.2 Å². The van der Waals surface area contributed by atoms with Gasteiger partial charge in [-0.15, -0.1) is 0 Å². The van der Waals surface area contributed by atoms with Gasteiger partial charge in [0.2, 0.25) is 10.0 Å². The minimum absolute atomic E-state index is 0.00738. The van der Waals surface area contributed by atoms with E-state index in [1.807, 2.05) is 0 Å². The zero-order valence-corrected chi connectivity index (χ0v) is 12.2. The molecule has 1 rings (SSSR count). The van der Waals surface area contributed by atoms with E-state index in [0.717, 1.165) is 6.07 Å². The molecule has 0 fully saturated rings. The summed E-state index contributed by atoms with van der Waals surface area (Å²) in [4.78, 5) is -0.435. The highest BCUT2D eigenvalue weighted by Crippen LogP contribution is 2.31. The summed E-state index contributed by atoms with van der Waals surface area (Å²) >= 11 is 11.5. The van der Waals surface area contributed by atoms with Crippen LogP contribution in [0.5, 0.6) is 0 Å². The maximum Gasteiger partial charge on any atom is 0.390 e. The fourth-order valence-corrected chi connectivity index (χ4v) is 3.26. The van der Waals surface area contributed by atoms with Gasteiger partial charge in [-0.2, -0.15) is 13.2 Å². The minimum atomic E-state index is -4.47. The first-order chi connectivity index (χ1) is 9.08. The molecule has 1 aromatic rings. The predicted octanol–water partition coefficient (Wildman–Crippen LogP) is 2.72. The first-order valence-corrected chi connectivity index (χ1v) is 7.46. The summed E-state index contributed by atoms with van der Waals surface area (Å²) in [6.07, 6.45) is -5.77. The Kier molecular flexibility index (Phi) is 5.68. The summed E-state index contributed by atoms with van der Waals surface area (Å²) < 4.78 is 61.4. The topological polar surface area (TPSA) is 66.4 Å². The number of hydrogen-bond acceptors (Lipinski definition) is 3. The number of aliphatic hydroxyl groups excluding tert-OH is 1. The molecule has 114 valence electrons. The maximum absolute atomic E-state index is 12.0. The van der Waals surface area contributed by atoms with Crippen LogP contribution in [-0.2, 0) is 16.6 Å². The Morgan fingerprint density at radius 3 is 2.35 bits per heavy atom. The molecule has 20 heavy (non-hydrogen) atoms. The predicted molar refractivity (Wildman–Crippen MR) is 68.2 cm³/mol. The van der Waals surface area contributed by atoms with Crippen LogP contribution in [0.1, 0.15) is 12.0 Å². The molecule has 0 amide bonds. The van der Waals surface area contributed by atoms with Gasteiger partial charge in [0, 0.05) is 17.1 Å².